The van der Waals surface area contributed by atoms with Gasteiger partial charge in [0.2, 0.25) is 0 Å². The molecule has 0 aliphatic heterocycles. The Bertz CT molecular complexity index is 407. The van der Waals surface area contributed by atoms with Gasteiger partial charge < -0.3 is 10.8 Å². The van der Waals surface area contributed by atoms with E-state index in [9.17, 15) is 10.1 Å². The number of hydrogen-bond donors (Lipinski definition) is 2. The molecular formula is C10H13ClN2O3. The molecule has 1 atom stereocenters. The summed E-state index contributed by atoms with van der Waals surface area (Å²) in [6.45, 7) is 1.48. The first-order valence-corrected chi connectivity index (χ1v) is 5.06. The molecule has 0 aliphatic carbocycles. The van der Waals surface area contributed by atoms with Gasteiger partial charge >= 0.3 is 0 Å². The molecule has 5 nitrogen and oxygen atoms in total. The highest BCUT2D eigenvalue weighted by Gasteiger charge is 2.20. The molecular weight excluding hydrogens is 232 g/mol. The number of rotatable bonds is 4. The number of nitrogens with zero attached hydrogens (tertiary/aromatic N) is 1. The summed E-state index contributed by atoms with van der Waals surface area (Å²) >= 11 is 5.67. The van der Waals surface area contributed by atoms with Crippen LogP contribution < -0.4 is 5.73 Å². The van der Waals surface area contributed by atoms with Crippen molar-refractivity contribution >= 4 is 17.3 Å². The lowest BCUT2D eigenvalue weighted by Crippen LogP contribution is -2.42. The summed E-state index contributed by atoms with van der Waals surface area (Å²) in [5, 5.41) is 19.7. The molecule has 0 amide bonds. The highest BCUT2D eigenvalue weighted by Crippen LogP contribution is 2.26. The standard InChI is InChI=1S/C10H13ClN2O3/c1-10(12,6-14)5-7-2-3-8(11)9(4-7)13(15)16/h2-4,14H,5-6,12H2,1H3. The topological polar surface area (TPSA) is 89.4 Å². The van der Waals surface area contributed by atoms with Crippen LogP contribution >= 0.6 is 11.6 Å². The maximum atomic E-state index is 10.6. The number of halogens is 1. The first-order chi connectivity index (χ1) is 7.35. The molecule has 1 rings (SSSR count). The van der Waals surface area contributed by atoms with Gasteiger partial charge in [-0.1, -0.05) is 17.7 Å². The van der Waals surface area contributed by atoms with E-state index in [0.717, 1.165) is 0 Å². The minimum atomic E-state index is -0.790. The third-order valence-corrected chi connectivity index (χ3v) is 2.50. The van der Waals surface area contributed by atoms with Gasteiger partial charge in [-0.2, -0.15) is 0 Å². The molecule has 88 valence electrons. The lowest BCUT2D eigenvalue weighted by Gasteiger charge is -2.21. The minimum absolute atomic E-state index is 0.0940. The van der Waals surface area contributed by atoms with E-state index in [1.54, 1.807) is 13.0 Å². The zero-order valence-corrected chi connectivity index (χ0v) is 9.57. The molecule has 0 aromatic heterocycles. The van der Waals surface area contributed by atoms with Crippen LogP contribution in [0, 0.1) is 10.1 Å². The van der Waals surface area contributed by atoms with Gasteiger partial charge in [-0.25, -0.2) is 0 Å². The quantitative estimate of drug-likeness (QED) is 0.620. The van der Waals surface area contributed by atoms with Crippen molar-refractivity contribution in [2.24, 2.45) is 5.73 Å². The Labute approximate surface area is 98.0 Å². The van der Waals surface area contributed by atoms with Gasteiger partial charge in [0, 0.05) is 11.6 Å². The van der Waals surface area contributed by atoms with Crippen LogP contribution in [-0.4, -0.2) is 22.2 Å². The summed E-state index contributed by atoms with van der Waals surface area (Å²) in [4.78, 5) is 10.1. The largest absolute Gasteiger partial charge is 0.394 e. The molecule has 0 fully saturated rings. The fourth-order valence-corrected chi connectivity index (χ4v) is 1.52. The number of nitrogens with two attached hydrogens (primary N) is 1. The van der Waals surface area contributed by atoms with E-state index in [1.807, 2.05) is 0 Å². The van der Waals surface area contributed by atoms with E-state index in [-0.39, 0.29) is 17.3 Å². The van der Waals surface area contributed by atoms with Crippen LogP contribution in [0.15, 0.2) is 18.2 Å². The predicted molar refractivity (Wildman–Crippen MR) is 61.5 cm³/mol. The van der Waals surface area contributed by atoms with Gasteiger partial charge in [-0.15, -0.1) is 0 Å². The van der Waals surface area contributed by atoms with Gasteiger partial charge in [0.25, 0.3) is 5.69 Å². The molecule has 3 N–H and O–H groups in total. The van der Waals surface area contributed by atoms with Crippen LogP contribution in [0.5, 0.6) is 0 Å². The molecule has 0 saturated carbocycles. The Balaban J connectivity index is 3.00. The lowest BCUT2D eigenvalue weighted by atomic mass is 9.95. The third kappa shape index (κ3) is 3.16. The minimum Gasteiger partial charge on any atom is -0.394 e. The first kappa shape index (κ1) is 12.9. The van der Waals surface area contributed by atoms with Gasteiger partial charge in [0.1, 0.15) is 5.02 Å². The fourth-order valence-electron chi connectivity index (χ4n) is 1.33. The second kappa shape index (κ2) is 4.78. The number of benzene rings is 1. The summed E-state index contributed by atoms with van der Waals surface area (Å²) in [7, 11) is 0. The number of nitro groups is 1. The van der Waals surface area contributed by atoms with Crippen LogP contribution in [0.25, 0.3) is 0 Å². The number of aliphatic hydroxyl groups excluding tert-OH is 1. The SMILES string of the molecule is CC(N)(CO)Cc1ccc(Cl)c([N+](=O)[O-])c1. The molecule has 16 heavy (non-hydrogen) atoms. The molecule has 0 aliphatic rings. The van der Waals surface area contributed by atoms with Crippen LogP contribution in [0.1, 0.15) is 12.5 Å². The Morgan fingerprint density at radius 3 is 2.75 bits per heavy atom. The Hall–Kier alpha value is -1.17. The summed E-state index contributed by atoms with van der Waals surface area (Å²) in [6.07, 6.45) is 0.349. The highest BCUT2D eigenvalue weighted by atomic mass is 35.5. The van der Waals surface area contributed by atoms with Crippen LogP contribution in [0.4, 0.5) is 5.69 Å². The van der Waals surface area contributed by atoms with Crippen molar-refractivity contribution in [3.05, 3.63) is 38.9 Å². The Kier molecular flexibility index (Phi) is 3.85. The van der Waals surface area contributed by atoms with E-state index in [1.165, 1.54) is 12.1 Å². The number of aliphatic hydroxyl groups is 1. The molecule has 0 spiro atoms. The Morgan fingerprint density at radius 2 is 2.25 bits per heavy atom. The second-order valence-electron chi connectivity index (χ2n) is 4.03. The molecule has 0 saturated heterocycles. The monoisotopic (exact) mass is 244 g/mol. The fraction of sp³-hybridized carbons (Fsp3) is 0.400. The molecule has 0 radical (unpaired) electrons. The third-order valence-electron chi connectivity index (χ3n) is 2.18. The van der Waals surface area contributed by atoms with E-state index < -0.39 is 10.5 Å². The van der Waals surface area contributed by atoms with E-state index in [0.29, 0.717) is 12.0 Å². The van der Waals surface area contributed by atoms with E-state index >= 15 is 0 Å². The van der Waals surface area contributed by atoms with Crippen LogP contribution in [0.2, 0.25) is 5.02 Å². The average molecular weight is 245 g/mol. The maximum absolute atomic E-state index is 10.6. The highest BCUT2D eigenvalue weighted by molar-refractivity contribution is 6.32. The van der Waals surface area contributed by atoms with Crippen LogP contribution in [-0.2, 0) is 6.42 Å². The van der Waals surface area contributed by atoms with Gasteiger partial charge in [0.05, 0.1) is 11.5 Å². The van der Waals surface area contributed by atoms with Gasteiger partial charge in [-0.05, 0) is 25.0 Å². The van der Waals surface area contributed by atoms with Crippen molar-refractivity contribution in [3.8, 4) is 0 Å². The van der Waals surface area contributed by atoms with Crippen molar-refractivity contribution < 1.29 is 10.0 Å². The lowest BCUT2D eigenvalue weighted by molar-refractivity contribution is -0.384. The van der Waals surface area contributed by atoms with Crippen molar-refractivity contribution in [1.29, 1.82) is 0 Å². The van der Waals surface area contributed by atoms with E-state index in [2.05, 4.69) is 0 Å². The number of hydrogen-bond acceptors (Lipinski definition) is 4. The summed E-state index contributed by atoms with van der Waals surface area (Å²) < 4.78 is 0. The van der Waals surface area contributed by atoms with Crippen molar-refractivity contribution in [3.63, 3.8) is 0 Å². The van der Waals surface area contributed by atoms with E-state index in [4.69, 9.17) is 22.4 Å². The molecule has 1 aromatic rings. The van der Waals surface area contributed by atoms with Crippen molar-refractivity contribution in [1.82, 2.24) is 0 Å². The normalized spacial score (nSPS) is 14.5. The van der Waals surface area contributed by atoms with Crippen molar-refractivity contribution in [2.75, 3.05) is 6.61 Å². The zero-order valence-electron chi connectivity index (χ0n) is 8.81. The molecule has 0 bridgehead atoms. The molecule has 1 aromatic carbocycles. The van der Waals surface area contributed by atoms with Gasteiger partial charge in [0.15, 0.2) is 0 Å². The predicted octanol–water partition coefficient (Wildman–Crippen LogP) is 1.50. The van der Waals surface area contributed by atoms with Crippen molar-refractivity contribution in [2.45, 2.75) is 18.9 Å². The number of nitro benzene ring substituents is 1. The maximum Gasteiger partial charge on any atom is 0.288 e. The second-order valence-corrected chi connectivity index (χ2v) is 4.44. The summed E-state index contributed by atoms with van der Waals surface area (Å²) in [5.41, 5.74) is 5.50. The Morgan fingerprint density at radius 1 is 1.62 bits per heavy atom. The summed E-state index contributed by atoms with van der Waals surface area (Å²) in [6, 6.07) is 4.50. The zero-order chi connectivity index (χ0) is 12.3. The van der Waals surface area contributed by atoms with Gasteiger partial charge in [-0.3, -0.25) is 10.1 Å². The molecule has 0 heterocycles. The molecule has 1 unspecified atom stereocenters. The summed E-state index contributed by atoms with van der Waals surface area (Å²) in [5.74, 6) is 0. The molecule has 6 heteroatoms. The van der Waals surface area contributed by atoms with Crippen LogP contribution in [0.3, 0.4) is 0 Å². The average Bonchev–Trinajstić information content (AvgIpc) is 2.20. The first-order valence-electron chi connectivity index (χ1n) is 4.68. The smallest absolute Gasteiger partial charge is 0.288 e.